The third kappa shape index (κ3) is 2.75. The molecule has 2 rings (SSSR count). The number of pyridine rings is 1. The summed E-state index contributed by atoms with van der Waals surface area (Å²) in [5.74, 6) is 0. The van der Waals surface area contributed by atoms with Crippen molar-refractivity contribution in [2.45, 2.75) is 13.5 Å². The van der Waals surface area contributed by atoms with Gasteiger partial charge in [0, 0.05) is 22.1 Å². The van der Waals surface area contributed by atoms with E-state index in [0.717, 1.165) is 21.0 Å². The summed E-state index contributed by atoms with van der Waals surface area (Å²) in [4.78, 5) is 5.28. The number of aryl methyl sites for hydroxylation is 1. The number of hydrogen-bond acceptors (Lipinski definition) is 3. The van der Waals surface area contributed by atoms with Crippen molar-refractivity contribution in [3.8, 4) is 0 Å². The zero-order valence-corrected chi connectivity index (χ0v) is 11.8. The summed E-state index contributed by atoms with van der Waals surface area (Å²) in [6, 6.07) is 4.02. The van der Waals surface area contributed by atoms with Gasteiger partial charge in [0.15, 0.2) is 0 Å². The van der Waals surface area contributed by atoms with Crippen molar-refractivity contribution in [2.75, 3.05) is 5.32 Å². The fourth-order valence-electron chi connectivity index (χ4n) is 1.31. The van der Waals surface area contributed by atoms with Crippen molar-refractivity contribution in [3.63, 3.8) is 0 Å². The second-order valence-corrected chi connectivity index (χ2v) is 5.97. The molecule has 2 aromatic rings. The zero-order chi connectivity index (χ0) is 11.5. The summed E-state index contributed by atoms with van der Waals surface area (Å²) in [5.41, 5.74) is 2.25. The molecule has 0 saturated heterocycles. The highest BCUT2D eigenvalue weighted by molar-refractivity contribution is 9.10. The summed E-state index contributed by atoms with van der Waals surface area (Å²) in [5, 5.41) is 3.34. The molecule has 5 heteroatoms. The van der Waals surface area contributed by atoms with E-state index in [9.17, 15) is 0 Å². The number of hydrogen-bond donors (Lipinski definition) is 1. The average molecular weight is 318 g/mol. The van der Waals surface area contributed by atoms with E-state index < -0.39 is 0 Å². The lowest BCUT2D eigenvalue weighted by molar-refractivity contribution is 1.15. The fraction of sp³-hybridized carbons (Fsp3) is 0.182. The van der Waals surface area contributed by atoms with Gasteiger partial charge in [0.2, 0.25) is 0 Å². The molecule has 0 fully saturated rings. The van der Waals surface area contributed by atoms with Crippen LogP contribution in [0.1, 0.15) is 10.4 Å². The number of aromatic nitrogens is 1. The van der Waals surface area contributed by atoms with Gasteiger partial charge in [-0.1, -0.05) is 11.6 Å². The number of nitrogens with zero attached hydrogens (tertiary/aromatic N) is 1. The van der Waals surface area contributed by atoms with Crippen LogP contribution in [0.3, 0.4) is 0 Å². The number of anilines is 1. The van der Waals surface area contributed by atoms with Crippen LogP contribution < -0.4 is 5.32 Å². The second kappa shape index (κ2) is 5.17. The minimum absolute atomic E-state index is 0.766. The maximum absolute atomic E-state index is 5.97. The van der Waals surface area contributed by atoms with Crippen LogP contribution in [0.4, 0.5) is 5.69 Å². The Hall–Kier alpha value is -0.580. The molecule has 0 aliphatic heterocycles. The van der Waals surface area contributed by atoms with E-state index >= 15 is 0 Å². The molecule has 0 atom stereocenters. The largest absolute Gasteiger partial charge is 0.379 e. The lowest BCUT2D eigenvalue weighted by Crippen LogP contribution is -1.99. The molecule has 16 heavy (non-hydrogen) atoms. The van der Waals surface area contributed by atoms with Crippen molar-refractivity contribution in [3.05, 3.63) is 43.8 Å². The molecule has 2 heterocycles. The van der Waals surface area contributed by atoms with Crippen molar-refractivity contribution < 1.29 is 0 Å². The van der Waals surface area contributed by atoms with E-state index in [0.29, 0.717) is 0 Å². The van der Waals surface area contributed by atoms with Gasteiger partial charge in [0.25, 0.3) is 0 Å². The minimum Gasteiger partial charge on any atom is -0.379 e. The Balaban J connectivity index is 2.05. The van der Waals surface area contributed by atoms with E-state index in [-0.39, 0.29) is 0 Å². The van der Waals surface area contributed by atoms with Crippen molar-refractivity contribution in [1.29, 1.82) is 0 Å². The Morgan fingerprint density at radius 1 is 1.56 bits per heavy atom. The first kappa shape index (κ1) is 11.9. The third-order valence-electron chi connectivity index (χ3n) is 2.19. The SMILES string of the molecule is Cc1ccncc1NCc1cc(Br)c(Cl)s1. The van der Waals surface area contributed by atoms with Crippen LogP contribution in [0, 0.1) is 6.92 Å². The molecule has 0 bridgehead atoms. The van der Waals surface area contributed by atoms with E-state index in [1.54, 1.807) is 17.5 Å². The van der Waals surface area contributed by atoms with Gasteiger partial charge in [-0.2, -0.15) is 0 Å². The topological polar surface area (TPSA) is 24.9 Å². The number of nitrogens with one attached hydrogen (secondary N) is 1. The summed E-state index contributed by atoms with van der Waals surface area (Å²) in [7, 11) is 0. The van der Waals surface area contributed by atoms with Crippen molar-refractivity contribution in [2.24, 2.45) is 0 Å². The van der Waals surface area contributed by atoms with E-state index in [1.165, 1.54) is 10.4 Å². The van der Waals surface area contributed by atoms with Gasteiger partial charge in [-0.05, 0) is 40.5 Å². The predicted octanol–water partition coefficient (Wildman–Crippen LogP) is 4.48. The molecule has 84 valence electrons. The van der Waals surface area contributed by atoms with Crippen LogP contribution >= 0.6 is 38.9 Å². The molecular weight excluding hydrogens is 308 g/mol. The van der Waals surface area contributed by atoms with Gasteiger partial charge in [-0.25, -0.2) is 0 Å². The fourth-order valence-corrected chi connectivity index (χ4v) is 3.04. The first-order valence-corrected chi connectivity index (χ1v) is 6.74. The van der Waals surface area contributed by atoms with Crippen LogP contribution in [0.15, 0.2) is 29.0 Å². The van der Waals surface area contributed by atoms with Crippen LogP contribution in [0.5, 0.6) is 0 Å². The monoisotopic (exact) mass is 316 g/mol. The lowest BCUT2D eigenvalue weighted by atomic mass is 10.2. The summed E-state index contributed by atoms with van der Waals surface area (Å²) in [6.07, 6.45) is 3.62. The number of halogens is 2. The standard InChI is InChI=1S/C11H10BrClN2S/c1-7-2-3-14-6-10(7)15-5-8-4-9(12)11(13)16-8/h2-4,6,15H,5H2,1H3. The van der Waals surface area contributed by atoms with Crippen molar-refractivity contribution >= 4 is 44.6 Å². The van der Waals surface area contributed by atoms with Gasteiger partial charge in [-0.15, -0.1) is 11.3 Å². The van der Waals surface area contributed by atoms with E-state index in [4.69, 9.17) is 11.6 Å². The maximum Gasteiger partial charge on any atom is 0.107 e. The van der Waals surface area contributed by atoms with E-state index in [2.05, 4.69) is 33.2 Å². The molecule has 0 saturated carbocycles. The number of rotatable bonds is 3. The average Bonchev–Trinajstić information content (AvgIpc) is 2.57. The Labute approximate surface area is 112 Å². The molecule has 0 amide bonds. The highest BCUT2D eigenvalue weighted by atomic mass is 79.9. The summed E-state index contributed by atoms with van der Waals surface area (Å²) >= 11 is 10.9. The van der Waals surface area contributed by atoms with Crippen LogP contribution in [-0.4, -0.2) is 4.98 Å². The van der Waals surface area contributed by atoms with Crippen molar-refractivity contribution in [1.82, 2.24) is 4.98 Å². The number of thiophene rings is 1. The summed E-state index contributed by atoms with van der Waals surface area (Å²) < 4.78 is 1.75. The molecule has 1 N–H and O–H groups in total. The zero-order valence-electron chi connectivity index (χ0n) is 8.63. The molecule has 0 aliphatic carbocycles. The first-order chi connectivity index (χ1) is 7.66. The van der Waals surface area contributed by atoms with E-state index in [1.807, 2.05) is 18.3 Å². The highest BCUT2D eigenvalue weighted by Crippen LogP contribution is 2.32. The molecule has 0 unspecified atom stereocenters. The third-order valence-corrected chi connectivity index (χ3v) is 4.66. The normalized spacial score (nSPS) is 10.4. The first-order valence-electron chi connectivity index (χ1n) is 4.75. The smallest absolute Gasteiger partial charge is 0.107 e. The highest BCUT2D eigenvalue weighted by Gasteiger charge is 2.04. The van der Waals surface area contributed by atoms with Gasteiger partial charge in [0.1, 0.15) is 4.34 Å². The Kier molecular flexibility index (Phi) is 3.84. The molecule has 2 aromatic heterocycles. The van der Waals surface area contributed by atoms with Gasteiger partial charge in [-0.3, -0.25) is 4.98 Å². The molecule has 0 aliphatic rings. The lowest BCUT2D eigenvalue weighted by Gasteiger charge is -2.06. The molecule has 0 spiro atoms. The molecular formula is C11H10BrClN2S. The second-order valence-electron chi connectivity index (χ2n) is 3.38. The Bertz CT molecular complexity index is 479. The van der Waals surface area contributed by atoms with Crippen LogP contribution in [-0.2, 0) is 6.54 Å². The van der Waals surface area contributed by atoms with Gasteiger partial charge in [0.05, 0.1) is 11.9 Å². The quantitative estimate of drug-likeness (QED) is 0.903. The predicted molar refractivity (Wildman–Crippen MR) is 73.3 cm³/mol. The van der Waals surface area contributed by atoms with Gasteiger partial charge < -0.3 is 5.32 Å². The van der Waals surface area contributed by atoms with Crippen LogP contribution in [0.2, 0.25) is 4.34 Å². The Morgan fingerprint density at radius 2 is 2.38 bits per heavy atom. The summed E-state index contributed by atoms with van der Waals surface area (Å²) in [6.45, 7) is 2.82. The molecule has 0 radical (unpaired) electrons. The maximum atomic E-state index is 5.97. The van der Waals surface area contributed by atoms with Gasteiger partial charge >= 0.3 is 0 Å². The molecule has 0 aromatic carbocycles. The molecule has 2 nitrogen and oxygen atoms in total. The Morgan fingerprint density at radius 3 is 3.00 bits per heavy atom. The van der Waals surface area contributed by atoms with Crippen LogP contribution in [0.25, 0.3) is 0 Å². The minimum atomic E-state index is 0.766.